The molecule has 1 aromatic heterocycles. The van der Waals surface area contributed by atoms with Gasteiger partial charge in [-0.15, -0.1) is 0 Å². The molecule has 10 heteroatoms. The molecule has 2 unspecified atom stereocenters. The van der Waals surface area contributed by atoms with Crippen LogP contribution in [-0.2, 0) is 19.6 Å². The van der Waals surface area contributed by atoms with Crippen LogP contribution in [0.3, 0.4) is 0 Å². The van der Waals surface area contributed by atoms with Crippen molar-refractivity contribution in [3.8, 4) is 0 Å². The molecule has 0 radical (unpaired) electrons. The molecule has 25 heavy (non-hydrogen) atoms. The van der Waals surface area contributed by atoms with Gasteiger partial charge in [0, 0.05) is 18.4 Å². The first-order valence-corrected chi connectivity index (χ1v) is 9.97. The quantitative estimate of drug-likeness (QED) is 0.776. The molecular formula is C15H19N3O5S2. The Bertz CT molecular complexity index is 924. The SMILES string of the molecule is CCOC1CC(NS(=O)(=O)c2cccc3nsnc23)(C(=O)O)C1(C)C. The van der Waals surface area contributed by atoms with Gasteiger partial charge in [0.1, 0.15) is 21.5 Å². The maximum absolute atomic E-state index is 12.9. The molecule has 136 valence electrons. The van der Waals surface area contributed by atoms with E-state index in [9.17, 15) is 18.3 Å². The monoisotopic (exact) mass is 385 g/mol. The molecule has 1 fully saturated rings. The number of aromatic nitrogens is 2. The van der Waals surface area contributed by atoms with Crippen LogP contribution >= 0.6 is 11.7 Å². The first-order chi connectivity index (χ1) is 11.7. The predicted octanol–water partition coefficient (Wildman–Crippen LogP) is 1.63. The molecule has 0 aliphatic heterocycles. The molecule has 0 spiro atoms. The second-order valence-corrected chi connectivity index (χ2v) is 8.75. The van der Waals surface area contributed by atoms with Gasteiger partial charge < -0.3 is 9.84 Å². The number of hydrogen-bond acceptors (Lipinski definition) is 7. The molecule has 1 saturated carbocycles. The lowest BCUT2D eigenvalue weighted by Gasteiger charge is -2.57. The van der Waals surface area contributed by atoms with Gasteiger partial charge in [-0.05, 0) is 19.1 Å². The highest BCUT2D eigenvalue weighted by molar-refractivity contribution is 7.89. The Morgan fingerprint density at radius 3 is 2.76 bits per heavy atom. The smallest absolute Gasteiger partial charge is 0.325 e. The Kier molecular flexibility index (Phi) is 4.34. The van der Waals surface area contributed by atoms with Crippen molar-refractivity contribution in [2.75, 3.05) is 6.61 Å². The van der Waals surface area contributed by atoms with E-state index in [0.29, 0.717) is 12.1 Å². The molecule has 0 saturated heterocycles. The van der Waals surface area contributed by atoms with Crippen LogP contribution in [0.1, 0.15) is 27.2 Å². The number of hydrogen-bond donors (Lipinski definition) is 2. The second kappa shape index (κ2) is 5.97. The number of benzene rings is 1. The summed E-state index contributed by atoms with van der Waals surface area (Å²) in [4.78, 5) is 11.9. The van der Waals surface area contributed by atoms with Crippen molar-refractivity contribution in [1.29, 1.82) is 0 Å². The molecule has 0 amide bonds. The van der Waals surface area contributed by atoms with Crippen LogP contribution in [0, 0.1) is 5.41 Å². The standard InChI is InChI=1S/C15H19N3O5S2/c1-4-23-11-8-15(13(19)20,14(11,2)3)18-25(21,22)10-7-5-6-9-12(10)17-24-16-9/h5-7,11,18H,4,8H2,1-3H3,(H,19,20). The zero-order chi connectivity index (χ0) is 18.5. The van der Waals surface area contributed by atoms with E-state index in [-0.39, 0.29) is 22.9 Å². The number of nitrogens with one attached hydrogen (secondary N) is 1. The van der Waals surface area contributed by atoms with Crippen molar-refractivity contribution in [2.24, 2.45) is 5.41 Å². The minimum Gasteiger partial charge on any atom is -0.480 e. The average molecular weight is 385 g/mol. The third-order valence-corrected chi connectivity index (χ3v) is 7.04. The first kappa shape index (κ1) is 18.2. The Morgan fingerprint density at radius 1 is 1.44 bits per heavy atom. The zero-order valence-electron chi connectivity index (χ0n) is 14.0. The van der Waals surface area contributed by atoms with Gasteiger partial charge in [-0.2, -0.15) is 13.5 Å². The second-order valence-electron chi connectivity index (χ2n) is 6.57. The van der Waals surface area contributed by atoms with Gasteiger partial charge in [-0.25, -0.2) is 8.42 Å². The number of aliphatic carboxylic acids is 1. The van der Waals surface area contributed by atoms with Crippen LogP contribution in [0.2, 0.25) is 0 Å². The molecule has 0 bridgehead atoms. The molecule has 3 rings (SSSR count). The van der Waals surface area contributed by atoms with E-state index in [2.05, 4.69) is 13.5 Å². The maximum atomic E-state index is 12.9. The van der Waals surface area contributed by atoms with Crippen LogP contribution < -0.4 is 4.72 Å². The fraction of sp³-hybridized carbons (Fsp3) is 0.533. The third-order valence-electron chi connectivity index (χ3n) is 4.98. The molecule has 1 aliphatic carbocycles. The predicted molar refractivity (Wildman–Crippen MR) is 91.9 cm³/mol. The van der Waals surface area contributed by atoms with Gasteiger partial charge in [0.05, 0.1) is 17.8 Å². The summed E-state index contributed by atoms with van der Waals surface area (Å²) >= 11 is 0.905. The van der Waals surface area contributed by atoms with Crippen molar-refractivity contribution < 1.29 is 23.1 Å². The normalized spacial score (nSPS) is 25.6. The number of ether oxygens (including phenoxy) is 1. The molecule has 2 aromatic rings. The van der Waals surface area contributed by atoms with Crippen molar-refractivity contribution in [3.05, 3.63) is 18.2 Å². The summed E-state index contributed by atoms with van der Waals surface area (Å²) in [7, 11) is -4.11. The molecular weight excluding hydrogens is 366 g/mol. The number of carboxylic acid groups (broad SMARTS) is 1. The number of carbonyl (C=O) groups is 1. The van der Waals surface area contributed by atoms with Gasteiger partial charge >= 0.3 is 5.97 Å². The number of nitrogens with zero attached hydrogens (tertiary/aromatic N) is 2. The third kappa shape index (κ3) is 2.64. The fourth-order valence-electron chi connectivity index (χ4n) is 3.27. The fourth-order valence-corrected chi connectivity index (χ4v) is 5.54. The lowest BCUT2D eigenvalue weighted by Crippen LogP contribution is -2.76. The lowest BCUT2D eigenvalue weighted by atomic mass is 9.54. The highest BCUT2D eigenvalue weighted by Gasteiger charge is 2.67. The lowest BCUT2D eigenvalue weighted by molar-refractivity contribution is -0.188. The minimum absolute atomic E-state index is 0.0632. The number of carboxylic acids is 1. The van der Waals surface area contributed by atoms with Crippen molar-refractivity contribution in [2.45, 2.75) is 43.7 Å². The highest BCUT2D eigenvalue weighted by Crippen LogP contribution is 2.52. The topological polar surface area (TPSA) is 118 Å². The Balaban J connectivity index is 2.01. The number of rotatable bonds is 6. The average Bonchev–Trinajstić information content (AvgIpc) is 3.01. The molecule has 1 heterocycles. The molecule has 1 aromatic carbocycles. The van der Waals surface area contributed by atoms with Crippen molar-refractivity contribution >= 4 is 38.8 Å². The van der Waals surface area contributed by atoms with Crippen LogP contribution in [0.25, 0.3) is 11.0 Å². The van der Waals surface area contributed by atoms with Gasteiger partial charge in [-0.3, -0.25) is 4.79 Å². The van der Waals surface area contributed by atoms with Gasteiger partial charge in [0.25, 0.3) is 0 Å². The van der Waals surface area contributed by atoms with Crippen LogP contribution in [0.4, 0.5) is 0 Å². The van der Waals surface area contributed by atoms with E-state index >= 15 is 0 Å². The summed E-state index contributed by atoms with van der Waals surface area (Å²) in [5.74, 6) is -1.22. The summed E-state index contributed by atoms with van der Waals surface area (Å²) in [6.45, 7) is 5.63. The Labute approximate surface area is 149 Å². The van der Waals surface area contributed by atoms with Crippen molar-refractivity contribution in [3.63, 3.8) is 0 Å². The van der Waals surface area contributed by atoms with Crippen LogP contribution in [0.5, 0.6) is 0 Å². The van der Waals surface area contributed by atoms with Gasteiger partial charge in [-0.1, -0.05) is 19.9 Å². The van der Waals surface area contributed by atoms with E-state index in [1.54, 1.807) is 26.0 Å². The van der Waals surface area contributed by atoms with Crippen molar-refractivity contribution in [1.82, 2.24) is 13.5 Å². The maximum Gasteiger partial charge on any atom is 0.325 e. The molecule has 2 N–H and O–H groups in total. The van der Waals surface area contributed by atoms with Gasteiger partial charge in [0.15, 0.2) is 0 Å². The minimum atomic E-state index is -4.11. The van der Waals surface area contributed by atoms with E-state index < -0.39 is 26.9 Å². The number of fused-ring (bicyclic) bond motifs is 1. The summed E-state index contributed by atoms with van der Waals surface area (Å²) in [5, 5.41) is 9.78. The summed E-state index contributed by atoms with van der Waals surface area (Å²) in [6, 6.07) is 4.61. The molecule has 8 nitrogen and oxygen atoms in total. The van der Waals surface area contributed by atoms with Crippen LogP contribution in [-0.4, -0.2) is 46.5 Å². The molecule has 2 atom stereocenters. The van der Waals surface area contributed by atoms with Crippen LogP contribution in [0.15, 0.2) is 23.1 Å². The summed E-state index contributed by atoms with van der Waals surface area (Å²) in [5.41, 5.74) is -1.86. The van der Waals surface area contributed by atoms with E-state index in [0.717, 1.165) is 11.7 Å². The zero-order valence-corrected chi connectivity index (χ0v) is 15.6. The largest absolute Gasteiger partial charge is 0.480 e. The van der Waals surface area contributed by atoms with E-state index in [4.69, 9.17) is 4.74 Å². The van der Waals surface area contributed by atoms with Gasteiger partial charge in [0.2, 0.25) is 10.0 Å². The summed E-state index contributed by atoms with van der Waals surface area (Å²) in [6.07, 6.45) is -0.277. The first-order valence-electron chi connectivity index (χ1n) is 7.76. The highest BCUT2D eigenvalue weighted by atomic mass is 32.2. The van der Waals surface area contributed by atoms with E-state index in [1.165, 1.54) is 6.07 Å². The van der Waals surface area contributed by atoms with E-state index in [1.807, 2.05) is 6.92 Å². The Hall–Kier alpha value is -1.62. The molecule has 1 aliphatic rings. The summed E-state index contributed by atoms with van der Waals surface area (Å²) < 4.78 is 41.9. The number of sulfonamides is 1. The Morgan fingerprint density at radius 2 is 2.16 bits per heavy atom.